The highest BCUT2D eigenvalue weighted by Crippen LogP contribution is 2.32. The molecule has 0 bridgehead atoms. The number of rotatable bonds is 4. The number of carbonyl (C=O) groups is 1. The standard InChI is InChI=1S/C17H18N2O2/c20-16-8-4-2-6-14(16)17(21)18-10-9-12-11-19-15-7-3-1-5-13(12)15/h1-8,12,19-20H,9-11H2,(H,18,21). The molecule has 1 heterocycles. The molecule has 1 aliphatic rings. The number of aromatic hydroxyl groups is 1. The highest BCUT2D eigenvalue weighted by Gasteiger charge is 2.21. The van der Waals surface area contributed by atoms with Crippen LogP contribution in [0.5, 0.6) is 5.75 Å². The quantitative estimate of drug-likeness (QED) is 0.808. The molecule has 3 N–H and O–H groups in total. The molecule has 0 radical (unpaired) electrons. The summed E-state index contributed by atoms with van der Waals surface area (Å²) in [6.45, 7) is 1.50. The molecule has 4 nitrogen and oxygen atoms in total. The van der Waals surface area contributed by atoms with Crippen LogP contribution in [0.3, 0.4) is 0 Å². The number of anilines is 1. The number of carbonyl (C=O) groups excluding carboxylic acids is 1. The molecule has 0 saturated carbocycles. The van der Waals surface area contributed by atoms with Crippen molar-refractivity contribution in [3.05, 3.63) is 59.7 Å². The fraction of sp³-hybridized carbons (Fsp3) is 0.235. The number of fused-ring (bicyclic) bond motifs is 1. The third-order valence-corrected chi connectivity index (χ3v) is 3.87. The number of amides is 1. The third-order valence-electron chi connectivity index (χ3n) is 3.87. The van der Waals surface area contributed by atoms with Gasteiger partial charge in [0.05, 0.1) is 5.56 Å². The summed E-state index contributed by atoms with van der Waals surface area (Å²) in [5.41, 5.74) is 2.83. The Morgan fingerprint density at radius 2 is 1.95 bits per heavy atom. The van der Waals surface area contributed by atoms with Crippen LogP contribution in [-0.4, -0.2) is 24.1 Å². The molecule has 21 heavy (non-hydrogen) atoms. The zero-order valence-corrected chi connectivity index (χ0v) is 11.7. The second-order valence-electron chi connectivity index (χ2n) is 5.23. The van der Waals surface area contributed by atoms with Gasteiger partial charge in [-0.05, 0) is 30.2 Å². The normalized spacial score (nSPS) is 16.1. The van der Waals surface area contributed by atoms with E-state index in [9.17, 15) is 9.90 Å². The van der Waals surface area contributed by atoms with Crippen LogP contribution in [0.1, 0.15) is 28.3 Å². The van der Waals surface area contributed by atoms with E-state index in [1.54, 1.807) is 18.2 Å². The monoisotopic (exact) mass is 282 g/mol. The van der Waals surface area contributed by atoms with Crippen LogP contribution >= 0.6 is 0 Å². The van der Waals surface area contributed by atoms with Gasteiger partial charge in [-0.2, -0.15) is 0 Å². The Hall–Kier alpha value is -2.49. The van der Waals surface area contributed by atoms with E-state index in [0.717, 1.165) is 13.0 Å². The van der Waals surface area contributed by atoms with Gasteiger partial charge in [0.15, 0.2) is 0 Å². The van der Waals surface area contributed by atoms with Gasteiger partial charge in [-0.1, -0.05) is 30.3 Å². The van der Waals surface area contributed by atoms with Crippen LogP contribution in [0.25, 0.3) is 0 Å². The number of phenolic OH excluding ortho intramolecular Hbond substituents is 1. The van der Waals surface area contributed by atoms with Crippen molar-refractivity contribution in [3.63, 3.8) is 0 Å². The Bertz CT molecular complexity index is 655. The van der Waals surface area contributed by atoms with Gasteiger partial charge in [0.2, 0.25) is 0 Å². The summed E-state index contributed by atoms with van der Waals surface area (Å²) in [5.74, 6) is 0.209. The molecule has 2 aromatic carbocycles. The highest BCUT2D eigenvalue weighted by atomic mass is 16.3. The molecular weight excluding hydrogens is 264 g/mol. The van der Waals surface area contributed by atoms with Crippen molar-refractivity contribution in [3.8, 4) is 5.75 Å². The second-order valence-corrected chi connectivity index (χ2v) is 5.23. The van der Waals surface area contributed by atoms with Crippen molar-refractivity contribution in [1.82, 2.24) is 5.32 Å². The molecule has 108 valence electrons. The van der Waals surface area contributed by atoms with Crippen LogP contribution in [0.4, 0.5) is 5.69 Å². The molecule has 2 aromatic rings. The van der Waals surface area contributed by atoms with E-state index < -0.39 is 0 Å². The van der Waals surface area contributed by atoms with E-state index in [1.807, 2.05) is 12.1 Å². The number of hydrogen-bond donors (Lipinski definition) is 3. The summed E-state index contributed by atoms with van der Waals surface area (Å²) in [6, 6.07) is 14.9. The van der Waals surface area contributed by atoms with Crippen molar-refractivity contribution in [2.45, 2.75) is 12.3 Å². The minimum atomic E-state index is -0.229. The lowest BCUT2D eigenvalue weighted by Gasteiger charge is -2.11. The number of hydrogen-bond acceptors (Lipinski definition) is 3. The second kappa shape index (κ2) is 5.87. The van der Waals surface area contributed by atoms with Gasteiger partial charge in [0, 0.05) is 24.7 Å². The average molecular weight is 282 g/mol. The molecule has 1 aliphatic heterocycles. The molecule has 1 unspecified atom stereocenters. The van der Waals surface area contributed by atoms with E-state index in [0.29, 0.717) is 18.0 Å². The number of benzene rings is 2. The SMILES string of the molecule is O=C(NCCC1CNc2ccccc21)c1ccccc1O. The topological polar surface area (TPSA) is 61.4 Å². The van der Waals surface area contributed by atoms with Gasteiger partial charge in [0.25, 0.3) is 5.91 Å². The molecule has 4 heteroatoms. The Kier molecular flexibility index (Phi) is 3.77. The highest BCUT2D eigenvalue weighted by molar-refractivity contribution is 5.96. The molecule has 1 amide bonds. The van der Waals surface area contributed by atoms with Crippen LogP contribution in [0, 0.1) is 0 Å². The fourth-order valence-corrected chi connectivity index (χ4v) is 2.74. The number of para-hydroxylation sites is 2. The lowest BCUT2D eigenvalue weighted by atomic mass is 9.98. The maximum atomic E-state index is 12.0. The van der Waals surface area contributed by atoms with Crippen molar-refractivity contribution >= 4 is 11.6 Å². The van der Waals surface area contributed by atoms with Gasteiger partial charge in [0.1, 0.15) is 5.75 Å². The Morgan fingerprint density at radius 1 is 1.19 bits per heavy atom. The first-order valence-electron chi connectivity index (χ1n) is 7.14. The molecule has 0 aliphatic carbocycles. The zero-order chi connectivity index (χ0) is 14.7. The maximum Gasteiger partial charge on any atom is 0.255 e. The summed E-state index contributed by atoms with van der Waals surface area (Å²) in [6.07, 6.45) is 0.878. The van der Waals surface area contributed by atoms with Crippen LogP contribution < -0.4 is 10.6 Å². The Balaban J connectivity index is 1.56. The summed E-state index contributed by atoms with van der Waals surface area (Å²) < 4.78 is 0. The van der Waals surface area contributed by atoms with E-state index in [4.69, 9.17) is 0 Å². The molecule has 0 spiro atoms. The molecule has 0 fully saturated rings. The summed E-state index contributed by atoms with van der Waals surface area (Å²) in [7, 11) is 0. The van der Waals surface area contributed by atoms with Crippen molar-refractivity contribution in [1.29, 1.82) is 0 Å². The number of phenols is 1. The van der Waals surface area contributed by atoms with Gasteiger partial charge < -0.3 is 15.7 Å². The van der Waals surface area contributed by atoms with Gasteiger partial charge in [-0.15, -0.1) is 0 Å². The first-order valence-corrected chi connectivity index (χ1v) is 7.14. The van der Waals surface area contributed by atoms with Crippen LogP contribution in [0.2, 0.25) is 0 Å². The largest absolute Gasteiger partial charge is 0.507 e. The first-order chi connectivity index (χ1) is 10.3. The van der Waals surface area contributed by atoms with Gasteiger partial charge in [-0.3, -0.25) is 4.79 Å². The van der Waals surface area contributed by atoms with Crippen molar-refractivity contribution in [2.75, 3.05) is 18.4 Å². The van der Waals surface area contributed by atoms with E-state index in [1.165, 1.54) is 17.3 Å². The molecular formula is C17H18N2O2. The smallest absolute Gasteiger partial charge is 0.255 e. The molecule has 0 saturated heterocycles. The van der Waals surface area contributed by atoms with Crippen molar-refractivity contribution in [2.24, 2.45) is 0 Å². The average Bonchev–Trinajstić information content (AvgIpc) is 2.91. The lowest BCUT2D eigenvalue weighted by molar-refractivity contribution is 0.0950. The molecule has 1 atom stereocenters. The van der Waals surface area contributed by atoms with E-state index in [2.05, 4.69) is 22.8 Å². The van der Waals surface area contributed by atoms with Gasteiger partial charge in [-0.25, -0.2) is 0 Å². The van der Waals surface area contributed by atoms with Gasteiger partial charge >= 0.3 is 0 Å². The minimum Gasteiger partial charge on any atom is -0.507 e. The number of nitrogens with one attached hydrogen (secondary N) is 2. The third kappa shape index (κ3) is 2.84. The minimum absolute atomic E-state index is 0.0166. The van der Waals surface area contributed by atoms with Crippen LogP contribution in [-0.2, 0) is 0 Å². The first kappa shape index (κ1) is 13.5. The maximum absolute atomic E-state index is 12.0. The Labute approximate surface area is 123 Å². The zero-order valence-electron chi connectivity index (χ0n) is 11.7. The predicted octanol–water partition coefficient (Wildman–Crippen LogP) is 2.72. The molecule has 3 rings (SSSR count). The Morgan fingerprint density at radius 3 is 2.81 bits per heavy atom. The summed E-state index contributed by atoms with van der Waals surface area (Å²) in [4.78, 5) is 12.0. The van der Waals surface area contributed by atoms with E-state index in [-0.39, 0.29) is 11.7 Å². The molecule has 0 aromatic heterocycles. The van der Waals surface area contributed by atoms with Crippen molar-refractivity contribution < 1.29 is 9.90 Å². The van der Waals surface area contributed by atoms with Crippen LogP contribution in [0.15, 0.2) is 48.5 Å². The predicted molar refractivity (Wildman–Crippen MR) is 82.7 cm³/mol. The fourth-order valence-electron chi connectivity index (χ4n) is 2.74. The summed E-state index contributed by atoms with van der Waals surface area (Å²) >= 11 is 0. The summed E-state index contributed by atoms with van der Waals surface area (Å²) in [5, 5.41) is 15.9. The van der Waals surface area contributed by atoms with E-state index >= 15 is 0 Å². The lowest BCUT2D eigenvalue weighted by Crippen LogP contribution is -2.26.